The molecular weight excluding hydrogens is 380 g/mol. The molecule has 29 heavy (non-hydrogen) atoms. The third-order valence-corrected chi connectivity index (χ3v) is 6.16. The van der Waals surface area contributed by atoms with Crippen molar-refractivity contribution >= 4 is 29.2 Å². The van der Waals surface area contributed by atoms with Gasteiger partial charge in [0.1, 0.15) is 5.75 Å². The van der Waals surface area contributed by atoms with Crippen LogP contribution in [0.3, 0.4) is 0 Å². The molecule has 1 aliphatic carbocycles. The Balaban J connectivity index is 1.38. The van der Waals surface area contributed by atoms with Crippen LogP contribution in [-0.2, 0) is 0 Å². The van der Waals surface area contributed by atoms with Crippen molar-refractivity contribution < 1.29 is 5.11 Å². The first-order chi connectivity index (χ1) is 14.2. The number of phenols is 1. The van der Waals surface area contributed by atoms with Crippen LogP contribution in [0, 0.1) is 5.92 Å². The molecule has 3 aromatic rings. The first kappa shape index (κ1) is 18.0. The number of hydrogen-bond acceptors (Lipinski definition) is 3. The van der Waals surface area contributed by atoms with Gasteiger partial charge in [-0.1, -0.05) is 54.1 Å². The predicted molar refractivity (Wildman–Crippen MR) is 120 cm³/mol. The van der Waals surface area contributed by atoms with Crippen LogP contribution in [0.1, 0.15) is 35.1 Å². The van der Waals surface area contributed by atoms with Gasteiger partial charge in [-0.3, -0.25) is 4.99 Å². The van der Waals surface area contributed by atoms with Crippen molar-refractivity contribution in [3.63, 3.8) is 0 Å². The molecule has 0 bridgehead atoms. The van der Waals surface area contributed by atoms with Gasteiger partial charge in [0, 0.05) is 17.8 Å². The van der Waals surface area contributed by atoms with Crippen LogP contribution in [0.2, 0.25) is 5.02 Å². The van der Waals surface area contributed by atoms with E-state index in [-0.39, 0.29) is 5.75 Å². The number of nitrogens with one attached hydrogen (secondary N) is 1. The smallest absolute Gasteiger partial charge is 0.134 e. The summed E-state index contributed by atoms with van der Waals surface area (Å²) in [5, 5.41) is 13.6. The highest BCUT2D eigenvalue weighted by molar-refractivity contribution is 6.32. The summed E-state index contributed by atoms with van der Waals surface area (Å²) in [6.07, 6.45) is 7.52. The molecule has 2 N–H and O–H groups in total. The minimum absolute atomic E-state index is 0.0782. The van der Waals surface area contributed by atoms with E-state index in [9.17, 15) is 5.11 Å². The molecule has 0 unspecified atom stereocenters. The van der Waals surface area contributed by atoms with Gasteiger partial charge in [0.05, 0.1) is 16.8 Å². The molecule has 144 valence electrons. The van der Waals surface area contributed by atoms with Crippen molar-refractivity contribution in [2.75, 3.05) is 5.32 Å². The summed E-state index contributed by atoms with van der Waals surface area (Å²) in [6, 6.07) is 22.4. The summed E-state index contributed by atoms with van der Waals surface area (Å²) in [4.78, 5) is 4.54. The second kappa shape index (κ2) is 7.41. The van der Waals surface area contributed by atoms with Crippen molar-refractivity contribution in [2.45, 2.75) is 18.4 Å². The van der Waals surface area contributed by atoms with Gasteiger partial charge in [-0.05, 0) is 65.4 Å². The van der Waals surface area contributed by atoms with Crippen molar-refractivity contribution in [1.82, 2.24) is 0 Å². The van der Waals surface area contributed by atoms with Crippen LogP contribution < -0.4 is 5.32 Å². The lowest BCUT2D eigenvalue weighted by atomic mass is 9.77. The molecule has 3 aromatic carbocycles. The van der Waals surface area contributed by atoms with Gasteiger partial charge in [0.25, 0.3) is 0 Å². The van der Waals surface area contributed by atoms with Crippen LogP contribution in [-0.4, -0.2) is 11.3 Å². The second-order valence-electron chi connectivity index (χ2n) is 7.62. The van der Waals surface area contributed by atoms with Gasteiger partial charge in [-0.15, -0.1) is 0 Å². The topological polar surface area (TPSA) is 44.6 Å². The zero-order valence-corrected chi connectivity index (χ0v) is 16.6. The molecule has 0 fully saturated rings. The number of halogens is 1. The monoisotopic (exact) mass is 400 g/mol. The summed E-state index contributed by atoms with van der Waals surface area (Å²) < 4.78 is 0. The fourth-order valence-electron chi connectivity index (χ4n) is 4.39. The average molecular weight is 401 g/mol. The lowest BCUT2D eigenvalue weighted by molar-refractivity contribution is 0.425. The Kier molecular flexibility index (Phi) is 4.61. The Morgan fingerprint density at radius 1 is 1.03 bits per heavy atom. The highest BCUT2D eigenvalue weighted by Crippen LogP contribution is 2.49. The molecule has 1 aliphatic heterocycles. The Labute approximate surface area is 175 Å². The number of phenolic OH excluding ortho intramolecular Hbond substituents is 1. The van der Waals surface area contributed by atoms with E-state index in [1.54, 1.807) is 24.4 Å². The first-order valence-electron chi connectivity index (χ1n) is 9.84. The van der Waals surface area contributed by atoms with Crippen LogP contribution in [0.4, 0.5) is 11.4 Å². The van der Waals surface area contributed by atoms with Gasteiger partial charge in [0.15, 0.2) is 0 Å². The summed E-state index contributed by atoms with van der Waals surface area (Å²) >= 11 is 5.96. The van der Waals surface area contributed by atoms with E-state index in [4.69, 9.17) is 11.6 Å². The van der Waals surface area contributed by atoms with Crippen molar-refractivity contribution in [1.29, 1.82) is 0 Å². The summed E-state index contributed by atoms with van der Waals surface area (Å²) in [5.41, 5.74) is 5.65. The number of nitrogens with zero attached hydrogens (tertiary/aromatic N) is 1. The second-order valence-corrected chi connectivity index (χ2v) is 8.03. The van der Waals surface area contributed by atoms with Crippen molar-refractivity contribution in [3.05, 3.63) is 101 Å². The molecule has 0 radical (unpaired) electrons. The van der Waals surface area contributed by atoms with E-state index < -0.39 is 0 Å². The number of fused-ring (bicyclic) bond motifs is 3. The zero-order chi connectivity index (χ0) is 19.8. The largest absolute Gasteiger partial charge is 0.506 e. The third kappa shape index (κ3) is 3.43. The Hall–Kier alpha value is -3.04. The first-order valence-corrected chi connectivity index (χ1v) is 10.2. The molecule has 0 amide bonds. The van der Waals surface area contributed by atoms with E-state index in [0.717, 1.165) is 17.7 Å². The highest BCUT2D eigenvalue weighted by atomic mass is 35.5. The molecule has 1 heterocycles. The number of aliphatic imine (C=N–C) groups is 1. The van der Waals surface area contributed by atoms with Gasteiger partial charge in [-0.2, -0.15) is 0 Å². The number of aromatic hydroxyl groups is 1. The summed E-state index contributed by atoms with van der Waals surface area (Å²) in [7, 11) is 0. The van der Waals surface area contributed by atoms with Crippen molar-refractivity contribution in [2.24, 2.45) is 10.9 Å². The van der Waals surface area contributed by atoms with Gasteiger partial charge in [-0.25, -0.2) is 0 Å². The summed E-state index contributed by atoms with van der Waals surface area (Å²) in [5.74, 6) is 1.10. The molecule has 0 saturated heterocycles. The van der Waals surface area contributed by atoms with E-state index in [2.05, 4.69) is 58.9 Å². The maximum Gasteiger partial charge on any atom is 0.134 e. The zero-order valence-electron chi connectivity index (χ0n) is 15.8. The molecule has 3 atom stereocenters. The van der Waals surface area contributed by atoms with E-state index in [1.165, 1.54) is 16.8 Å². The molecule has 0 spiro atoms. The molecule has 2 aliphatic rings. The number of hydrogen-bond donors (Lipinski definition) is 2. The molecular formula is C25H21ClN2O. The fourth-order valence-corrected chi connectivity index (χ4v) is 4.58. The van der Waals surface area contributed by atoms with Gasteiger partial charge >= 0.3 is 0 Å². The van der Waals surface area contributed by atoms with Crippen LogP contribution >= 0.6 is 11.6 Å². The molecule has 0 aromatic heterocycles. The average Bonchev–Trinajstić information content (AvgIpc) is 3.25. The van der Waals surface area contributed by atoms with E-state index in [0.29, 0.717) is 22.9 Å². The Morgan fingerprint density at radius 3 is 2.69 bits per heavy atom. The highest BCUT2D eigenvalue weighted by Gasteiger charge is 2.37. The minimum Gasteiger partial charge on any atom is -0.506 e. The van der Waals surface area contributed by atoms with Crippen LogP contribution in [0.15, 0.2) is 83.9 Å². The number of rotatable bonds is 3. The summed E-state index contributed by atoms with van der Waals surface area (Å²) in [6.45, 7) is 0. The molecule has 4 heteroatoms. The lowest BCUT2D eigenvalue weighted by Gasteiger charge is -2.37. The number of anilines is 1. The number of allylic oxidation sites excluding steroid dienone is 2. The third-order valence-electron chi connectivity index (χ3n) is 5.86. The number of benzene rings is 3. The SMILES string of the molecule is Oc1ccc(C=Nc2ccc([C@@H]3Nc4ccccc4[C@H]4C=CC[C@@H]43)cc2)cc1Cl. The van der Waals surface area contributed by atoms with Gasteiger partial charge < -0.3 is 10.4 Å². The van der Waals surface area contributed by atoms with Crippen LogP contribution in [0.25, 0.3) is 0 Å². The minimum atomic E-state index is 0.0782. The van der Waals surface area contributed by atoms with Crippen LogP contribution in [0.5, 0.6) is 5.75 Å². The molecule has 3 nitrogen and oxygen atoms in total. The Morgan fingerprint density at radius 2 is 1.86 bits per heavy atom. The standard InChI is InChI=1S/C25H21ClN2O/c26-22-14-16(8-13-24(22)29)15-27-18-11-9-17(10-12-18)25-21-6-3-5-19(21)20-4-1-2-7-23(20)28-25/h1-5,7-15,19,21,25,28-29H,6H2/t19-,21+,25+/m1/s1. The van der Waals surface area contributed by atoms with E-state index in [1.807, 2.05) is 12.1 Å². The number of para-hydroxylation sites is 1. The van der Waals surface area contributed by atoms with E-state index >= 15 is 0 Å². The fraction of sp³-hybridized carbons (Fsp3) is 0.160. The quantitative estimate of drug-likeness (QED) is 0.383. The maximum absolute atomic E-state index is 9.52. The normalized spacial score (nSPS) is 22.3. The van der Waals surface area contributed by atoms with Crippen molar-refractivity contribution in [3.8, 4) is 5.75 Å². The predicted octanol–water partition coefficient (Wildman–Crippen LogP) is 6.62. The van der Waals surface area contributed by atoms with Gasteiger partial charge in [0.2, 0.25) is 0 Å². The maximum atomic E-state index is 9.52. The molecule has 0 saturated carbocycles. The molecule has 5 rings (SSSR count). The lowest BCUT2D eigenvalue weighted by Crippen LogP contribution is -2.28. The Bertz CT molecular complexity index is 1100.